The first kappa shape index (κ1) is 25.4. The number of nitrogen functional groups attached to an aromatic ring is 1. The van der Waals surface area contributed by atoms with Crippen molar-refractivity contribution in [2.45, 2.75) is 60.2 Å². The van der Waals surface area contributed by atoms with Crippen LogP contribution in [0.15, 0.2) is 28.4 Å². The van der Waals surface area contributed by atoms with Crippen LogP contribution in [0.3, 0.4) is 0 Å². The summed E-state index contributed by atoms with van der Waals surface area (Å²) in [4.78, 5) is 26.8. The van der Waals surface area contributed by atoms with Gasteiger partial charge in [-0.05, 0) is 39.7 Å². The summed E-state index contributed by atoms with van der Waals surface area (Å²) in [5.41, 5.74) is 5.82. The summed E-state index contributed by atoms with van der Waals surface area (Å²) in [5.74, 6) is -4.40. The number of fused-ring (bicyclic) bond motifs is 1. The number of piperidine rings is 1. The maximum absolute atomic E-state index is 14.4. The minimum Gasteiger partial charge on any atom is -0.381 e. The SMILES string of the molecule is CC(C)(C)SNC1COCC12CCN(c1cnc(Sc3ccnc4c3C(F)(F)C(=O)N4)c(N)n1)CC2. The van der Waals surface area contributed by atoms with E-state index in [4.69, 9.17) is 10.5 Å². The van der Waals surface area contributed by atoms with Crippen LogP contribution in [0, 0.1) is 5.41 Å². The summed E-state index contributed by atoms with van der Waals surface area (Å²) in [6, 6.07) is 1.71. The molecule has 1 spiro atoms. The van der Waals surface area contributed by atoms with Gasteiger partial charge in [0.2, 0.25) is 0 Å². The largest absolute Gasteiger partial charge is 0.381 e. The number of pyridine rings is 1. The van der Waals surface area contributed by atoms with Crippen molar-refractivity contribution in [3.05, 3.63) is 24.0 Å². The molecule has 5 rings (SSSR count). The Bertz CT molecular complexity index is 1170. The van der Waals surface area contributed by atoms with E-state index in [0.717, 1.165) is 44.3 Å². The van der Waals surface area contributed by atoms with Crippen molar-refractivity contribution in [1.82, 2.24) is 19.7 Å². The second-order valence-electron chi connectivity index (χ2n) is 10.3. The van der Waals surface area contributed by atoms with Crippen LogP contribution in [0.2, 0.25) is 0 Å². The van der Waals surface area contributed by atoms with E-state index in [-0.39, 0.29) is 26.7 Å². The fraction of sp³-hybridized carbons (Fsp3) is 0.565. The van der Waals surface area contributed by atoms with Gasteiger partial charge < -0.3 is 20.7 Å². The third-order valence-corrected chi connectivity index (χ3v) is 8.79. The maximum atomic E-state index is 14.4. The van der Waals surface area contributed by atoms with Gasteiger partial charge >= 0.3 is 11.8 Å². The Morgan fingerprint density at radius 2 is 2.03 bits per heavy atom. The molecule has 1 atom stereocenters. The normalized spacial score (nSPS) is 22.6. The highest BCUT2D eigenvalue weighted by atomic mass is 32.2. The first-order valence-electron chi connectivity index (χ1n) is 11.7. The van der Waals surface area contributed by atoms with E-state index in [1.54, 1.807) is 18.1 Å². The van der Waals surface area contributed by atoms with Crippen LogP contribution in [0.25, 0.3) is 0 Å². The number of aromatic nitrogens is 3. The fourth-order valence-electron chi connectivity index (χ4n) is 4.68. The minimum absolute atomic E-state index is 0.0853. The Morgan fingerprint density at radius 1 is 1.28 bits per heavy atom. The molecule has 0 aromatic carbocycles. The van der Waals surface area contributed by atoms with Crippen LogP contribution in [-0.4, -0.2) is 58.0 Å². The standard InChI is InChI=1S/C23H29F2N7O2S2/c1-21(2,3)36-31-14-11-34-12-22(14)5-8-32(9-6-22)15-10-28-19(17(26)29-15)35-13-4-7-27-18-16(13)23(24,25)20(33)30-18/h4,7,10,14,31H,5-6,8-9,11-12H2,1-3H3,(H2,26,29)(H,27,30,33). The summed E-state index contributed by atoms with van der Waals surface area (Å²) in [7, 11) is 0. The van der Waals surface area contributed by atoms with Crippen LogP contribution in [0.1, 0.15) is 39.2 Å². The van der Waals surface area contributed by atoms with Crippen molar-refractivity contribution >= 4 is 47.1 Å². The lowest BCUT2D eigenvalue weighted by molar-refractivity contribution is -0.139. The number of hydrogen-bond donors (Lipinski definition) is 3. The Balaban J connectivity index is 1.27. The Morgan fingerprint density at radius 3 is 2.72 bits per heavy atom. The molecule has 2 saturated heterocycles. The van der Waals surface area contributed by atoms with Crippen LogP contribution < -0.4 is 20.7 Å². The predicted molar refractivity (Wildman–Crippen MR) is 136 cm³/mol. The monoisotopic (exact) mass is 537 g/mol. The Hall–Kier alpha value is -2.22. The highest BCUT2D eigenvalue weighted by molar-refractivity contribution is 7.99. The molecule has 3 aliphatic rings. The van der Waals surface area contributed by atoms with E-state index < -0.39 is 17.4 Å². The van der Waals surface area contributed by atoms with Crippen molar-refractivity contribution in [1.29, 1.82) is 0 Å². The highest BCUT2D eigenvalue weighted by Crippen LogP contribution is 2.47. The molecule has 0 aliphatic carbocycles. The molecule has 2 fully saturated rings. The van der Waals surface area contributed by atoms with Gasteiger partial charge in [-0.3, -0.25) is 9.52 Å². The van der Waals surface area contributed by atoms with Gasteiger partial charge in [-0.25, -0.2) is 15.0 Å². The topological polar surface area (TPSA) is 118 Å². The number of anilines is 3. The maximum Gasteiger partial charge on any atom is 0.354 e. The zero-order valence-electron chi connectivity index (χ0n) is 20.3. The summed E-state index contributed by atoms with van der Waals surface area (Å²) in [5, 5.41) is 2.41. The van der Waals surface area contributed by atoms with Crippen LogP contribution in [-0.2, 0) is 15.5 Å². The minimum atomic E-state index is -3.67. The van der Waals surface area contributed by atoms with Crippen molar-refractivity contribution < 1.29 is 18.3 Å². The van der Waals surface area contributed by atoms with E-state index in [9.17, 15) is 13.6 Å². The molecule has 5 heterocycles. The number of alkyl halides is 2. The van der Waals surface area contributed by atoms with Gasteiger partial charge in [0, 0.05) is 40.4 Å². The number of ether oxygens (including phenoxy) is 1. The average Bonchev–Trinajstić information content (AvgIpc) is 3.31. The zero-order valence-corrected chi connectivity index (χ0v) is 21.9. The molecule has 2 aromatic heterocycles. The van der Waals surface area contributed by atoms with E-state index in [2.05, 4.69) is 50.7 Å². The van der Waals surface area contributed by atoms with Gasteiger partial charge in [0.15, 0.2) is 5.82 Å². The molecule has 1 unspecified atom stereocenters. The number of nitrogens with two attached hydrogens (primary N) is 1. The second kappa shape index (κ2) is 9.26. The van der Waals surface area contributed by atoms with Crippen LogP contribution in [0.4, 0.5) is 26.2 Å². The van der Waals surface area contributed by atoms with Crippen molar-refractivity contribution in [2.24, 2.45) is 5.41 Å². The van der Waals surface area contributed by atoms with E-state index >= 15 is 0 Å². The van der Waals surface area contributed by atoms with Crippen LogP contribution >= 0.6 is 23.7 Å². The number of halogens is 2. The van der Waals surface area contributed by atoms with Gasteiger partial charge in [-0.15, -0.1) is 0 Å². The lowest BCUT2D eigenvalue weighted by Crippen LogP contribution is -2.50. The molecular weight excluding hydrogens is 508 g/mol. The van der Waals surface area contributed by atoms with E-state index in [1.165, 1.54) is 12.3 Å². The van der Waals surface area contributed by atoms with Crippen molar-refractivity contribution in [3.63, 3.8) is 0 Å². The van der Waals surface area contributed by atoms with Gasteiger partial charge in [0.05, 0.1) is 25.0 Å². The number of hydrogen-bond acceptors (Lipinski definition) is 10. The number of carbonyl (C=O) groups excluding carboxylic acids is 1. The second-order valence-corrected chi connectivity index (χ2v) is 13.0. The number of nitrogens with zero attached hydrogens (tertiary/aromatic N) is 4. The van der Waals surface area contributed by atoms with Gasteiger partial charge in [-0.1, -0.05) is 23.7 Å². The fourth-order valence-corrected chi connectivity index (χ4v) is 6.42. The summed E-state index contributed by atoms with van der Waals surface area (Å²) in [6.07, 6.45) is 4.88. The first-order valence-corrected chi connectivity index (χ1v) is 13.4. The Kier molecular flexibility index (Phi) is 6.54. The molecule has 0 saturated carbocycles. The van der Waals surface area contributed by atoms with Crippen molar-refractivity contribution in [2.75, 3.05) is 42.3 Å². The van der Waals surface area contributed by atoms with E-state index in [1.807, 2.05) is 0 Å². The number of carbonyl (C=O) groups is 1. The molecule has 1 amide bonds. The third kappa shape index (κ3) is 4.73. The lowest BCUT2D eigenvalue weighted by Gasteiger charge is -2.42. The molecule has 36 heavy (non-hydrogen) atoms. The molecule has 0 bridgehead atoms. The quantitative estimate of drug-likeness (QED) is 0.488. The number of rotatable bonds is 5. The molecular formula is C23H29F2N7O2S2. The highest BCUT2D eigenvalue weighted by Gasteiger charge is 2.51. The third-order valence-electron chi connectivity index (χ3n) is 6.71. The van der Waals surface area contributed by atoms with Gasteiger partial charge in [-0.2, -0.15) is 8.78 Å². The first-order chi connectivity index (χ1) is 17.0. The number of amides is 1. The number of nitrogens with one attached hydrogen (secondary N) is 2. The molecule has 194 valence electrons. The Labute approximate surface area is 216 Å². The predicted octanol–water partition coefficient (Wildman–Crippen LogP) is 3.67. The summed E-state index contributed by atoms with van der Waals surface area (Å²) in [6.45, 7) is 9.59. The average molecular weight is 538 g/mol. The molecule has 3 aliphatic heterocycles. The molecule has 4 N–H and O–H groups in total. The summed E-state index contributed by atoms with van der Waals surface area (Å²) < 4.78 is 38.4. The van der Waals surface area contributed by atoms with Gasteiger partial charge in [0.1, 0.15) is 16.7 Å². The van der Waals surface area contributed by atoms with E-state index in [0.29, 0.717) is 23.5 Å². The summed E-state index contributed by atoms with van der Waals surface area (Å²) >= 11 is 2.69. The smallest absolute Gasteiger partial charge is 0.354 e. The molecule has 9 nitrogen and oxygen atoms in total. The zero-order chi connectivity index (χ0) is 25.7. The lowest BCUT2D eigenvalue weighted by atomic mass is 9.75. The van der Waals surface area contributed by atoms with Crippen molar-refractivity contribution in [3.8, 4) is 0 Å². The van der Waals surface area contributed by atoms with Gasteiger partial charge in [0.25, 0.3) is 0 Å². The molecule has 13 heteroatoms. The molecule has 0 radical (unpaired) electrons. The molecule has 2 aromatic rings. The van der Waals surface area contributed by atoms with Crippen LogP contribution in [0.5, 0.6) is 0 Å².